The number of H-pyrrole nitrogens is 2. The van der Waals surface area contributed by atoms with Gasteiger partial charge < -0.3 is 10.1 Å². The molecule has 6 heteroatoms. The fraction of sp³-hybridized carbons (Fsp3) is 0.286. The standard InChI is InChI=1S/C14H13N3O2S/c18-10-3-1-2-8-9-4-11(7-5-15-16-6-7)20-13(9)14(19)17-12(8)10/h4-6,10,18H,1-3H2,(H,15,16)(H,17,19)/t10-/m1/s1. The predicted molar refractivity (Wildman–Crippen MR) is 77.9 cm³/mol. The Morgan fingerprint density at radius 1 is 1.45 bits per heavy atom. The van der Waals surface area contributed by atoms with Gasteiger partial charge in [0.05, 0.1) is 18.0 Å². The number of aliphatic hydroxyl groups is 1. The van der Waals surface area contributed by atoms with E-state index in [-0.39, 0.29) is 5.56 Å². The third-order valence-electron chi connectivity index (χ3n) is 3.86. The molecular formula is C14H13N3O2S. The van der Waals surface area contributed by atoms with E-state index in [2.05, 4.69) is 15.2 Å². The van der Waals surface area contributed by atoms with Crippen LogP contribution in [0.3, 0.4) is 0 Å². The van der Waals surface area contributed by atoms with Gasteiger partial charge in [-0.15, -0.1) is 11.3 Å². The minimum Gasteiger partial charge on any atom is -0.387 e. The number of aromatic amines is 2. The topological polar surface area (TPSA) is 81.8 Å². The second kappa shape index (κ2) is 4.29. The average molecular weight is 287 g/mol. The number of hydrogen-bond acceptors (Lipinski definition) is 4. The second-order valence-corrected chi connectivity index (χ2v) is 6.15. The Morgan fingerprint density at radius 3 is 3.15 bits per heavy atom. The molecule has 0 aliphatic heterocycles. The van der Waals surface area contributed by atoms with Gasteiger partial charge in [0.1, 0.15) is 4.70 Å². The van der Waals surface area contributed by atoms with Crippen molar-refractivity contribution in [2.24, 2.45) is 0 Å². The molecule has 0 unspecified atom stereocenters. The van der Waals surface area contributed by atoms with Crippen molar-refractivity contribution in [3.8, 4) is 10.4 Å². The number of rotatable bonds is 1. The highest BCUT2D eigenvalue weighted by Gasteiger charge is 2.23. The molecule has 0 fully saturated rings. The van der Waals surface area contributed by atoms with Crippen molar-refractivity contribution in [1.29, 1.82) is 0 Å². The monoisotopic (exact) mass is 287 g/mol. The number of hydrogen-bond donors (Lipinski definition) is 3. The number of nitrogens with one attached hydrogen (secondary N) is 2. The molecule has 102 valence electrons. The summed E-state index contributed by atoms with van der Waals surface area (Å²) in [5.74, 6) is 0. The SMILES string of the molecule is O=c1[nH]c2c(c3cc(-c4cn[nH]c4)sc13)CCC[C@H]2O. The van der Waals surface area contributed by atoms with Crippen LogP contribution in [0.1, 0.15) is 30.2 Å². The Labute approximate surface area is 118 Å². The van der Waals surface area contributed by atoms with Gasteiger partial charge in [-0.2, -0.15) is 5.10 Å². The first-order chi connectivity index (χ1) is 9.74. The van der Waals surface area contributed by atoms with Gasteiger partial charge >= 0.3 is 0 Å². The van der Waals surface area contributed by atoms with Gasteiger partial charge in [-0.3, -0.25) is 9.89 Å². The van der Waals surface area contributed by atoms with Crippen LogP contribution in [-0.4, -0.2) is 20.3 Å². The number of fused-ring (bicyclic) bond motifs is 3. The summed E-state index contributed by atoms with van der Waals surface area (Å²) in [5.41, 5.74) is 2.66. The number of thiophene rings is 1. The van der Waals surface area contributed by atoms with Crippen molar-refractivity contribution >= 4 is 21.4 Å². The largest absolute Gasteiger partial charge is 0.387 e. The van der Waals surface area contributed by atoms with E-state index < -0.39 is 6.10 Å². The lowest BCUT2D eigenvalue weighted by Crippen LogP contribution is -2.18. The lowest BCUT2D eigenvalue weighted by molar-refractivity contribution is 0.151. The van der Waals surface area contributed by atoms with Crippen molar-refractivity contribution in [1.82, 2.24) is 15.2 Å². The molecule has 3 aromatic rings. The highest BCUT2D eigenvalue weighted by Crippen LogP contribution is 2.37. The molecule has 1 atom stereocenters. The molecule has 1 aliphatic carbocycles. The van der Waals surface area contributed by atoms with Gasteiger partial charge in [-0.1, -0.05) is 0 Å². The zero-order chi connectivity index (χ0) is 13.7. The zero-order valence-electron chi connectivity index (χ0n) is 10.6. The van der Waals surface area contributed by atoms with Crippen molar-refractivity contribution < 1.29 is 5.11 Å². The number of pyridine rings is 1. The molecule has 0 spiro atoms. The zero-order valence-corrected chi connectivity index (χ0v) is 11.5. The maximum Gasteiger partial charge on any atom is 0.266 e. The molecular weight excluding hydrogens is 274 g/mol. The summed E-state index contributed by atoms with van der Waals surface area (Å²) in [7, 11) is 0. The quantitative estimate of drug-likeness (QED) is 0.642. The second-order valence-electron chi connectivity index (χ2n) is 5.09. The Hall–Kier alpha value is -1.92. The maximum atomic E-state index is 12.2. The van der Waals surface area contributed by atoms with Gasteiger partial charge in [-0.25, -0.2) is 0 Å². The van der Waals surface area contributed by atoms with Crippen molar-refractivity contribution in [2.45, 2.75) is 25.4 Å². The van der Waals surface area contributed by atoms with Crippen LogP contribution in [0.5, 0.6) is 0 Å². The molecule has 1 aliphatic rings. The molecule has 0 bridgehead atoms. The van der Waals surface area contributed by atoms with Gasteiger partial charge in [0.2, 0.25) is 0 Å². The predicted octanol–water partition coefficient (Wildman–Crippen LogP) is 2.35. The fourth-order valence-electron chi connectivity index (χ4n) is 2.88. The summed E-state index contributed by atoms with van der Waals surface area (Å²) < 4.78 is 0.731. The lowest BCUT2D eigenvalue weighted by Gasteiger charge is -2.21. The summed E-state index contributed by atoms with van der Waals surface area (Å²) >= 11 is 1.47. The van der Waals surface area contributed by atoms with Gasteiger partial charge in [0.25, 0.3) is 5.56 Å². The first-order valence-electron chi connectivity index (χ1n) is 6.60. The molecule has 20 heavy (non-hydrogen) atoms. The summed E-state index contributed by atoms with van der Waals surface area (Å²) in [6, 6.07) is 2.04. The Bertz CT molecular complexity index is 832. The van der Waals surface area contributed by atoms with E-state index in [1.165, 1.54) is 11.3 Å². The van der Waals surface area contributed by atoms with E-state index in [0.717, 1.165) is 38.9 Å². The summed E-state index contributed by atoms with van der Waals surface area (Å²) in [5, 5.41) is 17.8. The van der Waals surface area contributed by atoms with Crippen LogP contribution in [-0.2, 0) is 6.42 Å². The molecule has 0 saturated carbocycles. The highest BCUT2D eigenvalue weighted by molar-refractivity contribution is 7.22. The van der Waals surface area contributed by atoms with Gasteiger partial charge in [0, 0.05) is 22.0 Å². The first-order valence-corrected chi connectivity index (χ1v) is 7.41. The van der Waals surface area contributed by atoms with Crippen LogP contribution in [0.25, 0.3) is 20.5 Å². The molecule has 5 nitrogen and oxygen atoms in total. The van der Waals surface area contributed by atoms with Crippen molar-refractivity contribution in [2.75, 3.05) is 0 Å². The van der Waals surface area contributed by atoms with Crippen molar-refractivity contribution in [3.63, 3.8) is 0 Å². The van der Waals surface area contributed by atoms with E-state index in [4.69, 9.17) is 0 Å². The van der Waals surface area contributed by atoms with Crippen LogP contribution in [0, 0.1) is 0 Å². The van der Waals surface area contributed by atoms with Crippen LogP contribution in [0.15, 0.2) is 23.3 Å². The van der Waals surface area contributed by atoms with E-state index in [9.17, 15) is 9.90 Å². The normalized spacial score (nSPS) is 18.4. The molecule has 0 amide bonds. The smallest absolute Gasteiger partial charge is 0.266 e. The third-order valence-corrected chi connectivity index (χ3v) is 5.04. The molecule has 4 rings (SSSR count). The number of aromatic nitrogens is 3. The Morgan fingerprint density at radius 2 is 2.35 bits per heavy atom. The lowest BCUT2D eigenvalue weighted by atomic mass is 9.91. The Balaban J connectivity index is 2.02. The molecule has 0 saturated heterocycles. The molecule has 3 aromatic heterocycles. The van der Waals surface area contributed by atoms with E-state index in [1.807, 2.05) is 12.3 Å². The molecule has 3 heterocycles. The van der Waals surface area contributed by atoms with E-state index >= 15 is 0 Å². The van der Waals surface area contributed by atoms with E-state index in [0.29, 0.717) is 12.1 Å². The van der Waals surface area contributed by atoms with Gasteiger partial charge in [0.15, 0.2) is 0 Å². The number of nitrogens with zero attached hydrogens (tertiary/aromatic N) is 1. The average Bonchev–Trinajstić information content (AvgIpc) is 3.08. The van der Waals surface area contributed by atoms with Crippen LogP contribution in [0.4, 0.5) is 0 Å². The van der Waals surface area contributed by atoms with E-state index in [1.54, 1.807) is 6.20 Å². The molecule has 3 N–H and O–H groups in total. The third kappa shape index (κ3) is 1.65. The maximum absolute atomic E-state index is 12.2. The van der Waals surface area contributed by atoms with Crippen LogP contribution < -0.4 is 5.56 Å². The van der Waals surface area contributed by atoms with Gasteiger partial charge in [-0.05, 0) is 30.9 Å². The fourth-order valence-corrected chi connectivity index (χ4v) is 3.94. The minimum absolute atomic E-state index is 0.112. The van der Waals surface area contributed by atoms with Crippen LogP contribution >= 0.6 is 11.3 Å². The molecule has 0 radical (unpaired) electrons. The summed E-state index contributed by atoms with van der Waals surface area (Å²) in [6.45, 7) is 0. The summed E-state index contributed by atoms with van der Waals surface area (Å²) in [4.78, 5) is 16.1. The van der Waals surface area contributed by atoms with Crippen LogP contribution in [0.2, 0.25) is 0 Å². The summed E-state index contributed by atoms with van der Waals surface area (Å²) in [6.07, 6.45) is 5.59. The minimum atomic E-state index is -0.548. The Kier molecular flexibility index (Phi) is 2.55. The first kappa shape index (κ1) is 11.9. The van der Waals surface area contributed by atoms with Crippen molar-refractivity contribution in [3.05, 3.63) is 40.1 Å². The number of aryl methyl sites for hydroxylation is 1. The molecule has 0 aromatic carbocycles. The highest BCUT2D eigenvalue weighted by atomic mass is 32.1. The number of aliphatic hydroxyl groups excluding tert-OH is 1.